The predicted octanol–water partition coefficient (Wildman–Crippen LogP) is 3.02. The van der Waals surface area contributed by atoms with Crippen LogP contribution in [0.4, 0.5) is 5.69 Å². The highest BCUT2D eigenvalue weighted by Crippen LogP contribution is 2.35. The number of nitrogens with one attached hydrogen (secondary N) is 1. The van der Waals surface area contributed by atoms with Crippen LogP contribution in [0.2, 0.25) is 0 Å². The van der Waals surface area contributed by atoms with Crippen LogP contribution in [-0.2, 0) is 0 Å². The first-order valence-electron chi connectivity index (χ1n) is 7.45. The number of benzene rings is 2. The van der Waals surface area contributed by atoms with Crippen LogP contribution < -0.4 is 25.3 Å². The van der Waals surface area contributed by atoms with E-state index in [1.54, 1.807) is 26.4 Å². The van der Waals surface area contributed by atoms with Crippen molar-refractivity contribution >= 4 is 29.2 Å². The van der Waals surface area contributed by atoms with E-state index in [0.717, 1.165) is 11.1 Å². The van der Waals surface area contributed by atoms with Crippen molar-refractivity contribution in [1.82, 2.24) is 9.97 Å². The van der Waals surface area contributed by atoms with E-state index in [1.165, 1.54) is 6.33 Å². The Hall–Kier alpha value is -2.71. The second kappa shape index (κ2) is 7.45. The van der Waals surface area contributed by atoms with Gasteiger partial charge in [-0.05, 0) is 30.3 Å². The summed E-state index contributed by atoms with van der Waals surface area (Å²) in [7, 11) is 3.15. The molecule has 0 saturated heterocycles. The molecule has 3 N–H and O–H groups in total. The van der Waals surface area contributed by atoms with E-state index in [0.29, 0.717) is 28.6 Å². The molecule has 8 heteroatoms. The summed E-state index contributed by atoms with van der Waals surface area (Å²) >= 11 is 4.09. The summed E-state index contributed by atoms with van der Waals surface area (Å²) in [6.45, 7) is 0. The number of aromatic nitrogens is 2. The molecular formula is C17H18N4O3S. The van der Waals surface area contributed by atoms with Crippen LogP contribution in [-0.4, -0.2) is 29.7 Å². The Labute approximate surface area is 150 Å². The Morgan fingerprint density at radius 2 is 1.72 bits per heavy atom. The lowest BCUT2D eigenvalue weighted by Crippen LogP contribution is -2.22. The number of hydrogen-bond donors (Lipinski definition) is 3. The minimum Gasteiger partial charge on any atom is -0.493 e. The number of rotatable bonds is 6. The number of nitrogens with two attached hydrogens (primary N) is 1. The molecule has 0 aliphatic heterocycles. The number of ether oxygens (including phenoxy) is 3. The van der Waals surface area contributed by atoms with Gasteiger partial charge in [0.25, 0.3) is 0 Å². The van der Waals surface area contributed by atoms with Crippen molar-refractivity contribution in [3.63, 3.8) is 0 Å². The van der Waals surface area contributed by atoms with Gasteiger partial charge in [0.05, 0.1) is 25.1 Å². The number of fused-ring (bicyclic) bond motifs is 1. The monoisotopic (exact) mass is 358 g/mol. The molecule has 0 bridgehead atoms. The number of hydrogen-bond acceptors (Lipinski definition) is 8. The van der Waals surface area contributed by atoms with Gasteiger partial charge in [-0.15, -0.1) is 12.6 Å². The van der Waals surface area contributed by atoms with E-state index in [-0.39, 0.29) is 0 Å². The summed E-state index contributed by atoms with van der Waals surface area (Å²) in [5, 5.41) is 3.71. The zero-order chi connectivity index (χ0) is 17.8. The third-order valence-corrected chi connectivity index (χ3v) is 3.62. The van der Waals surface area contributed by atoms with Gasteiger partial charge in [0.2, 0.25) is 5.88 Å². The second-order valence-corrected chi connectivity index (χ2v) is 5.68. The highest BCUT2D eigenvalue weighted by atomic mass is 32.1. The van der Waals surface area contributed by atoms with Crippen LogP contribution in [0.15, 0.2) is 42.7 Å². The van der Waals surface area contributed by atoms with Gasteiger partial charge in [-0.1, -0.05) is 0 Å². The Morgan fingerprint density at radius 1 is 1.04 bits per heavy atom. The van der Waals surface area contributed by atoms with Crippen molar-refractivity contribution in [3.05, 3.63) is 42.7 Å². The van der Waals surface area contributed by atoms with E-state index < -0.39 is 5.50 Å². The molecule has 0 aliphatic rings. The Morgan fingerprint density at radius 3 is 2.36 bits per heavy atom. The molecule has 0 amide bonds. The highest BCUT2D eigenvalue weighted by Gasteiger charge is 2.12. The first-order chi connectivity index (χ1) is 12.1. The maximum Gasteiger partial charge on any atom is 0.230 e. The largest absolute Gasteiger partial charge is 0.493 e. The fraction of sp³-hybridized carbons (Fsp3) is 0.176. The summed E-state index contributed by atoms with van der Waals surface area (Å²) in [5.41, 5.74) is 6.69. The zero-order valence-electron chi connectivity index (χ0n) is 13.8. The standard InChI is InChI=1S/C17H18N4O3S/c1-22-14-7-12-13(8-15(14)23-2)19-9-20-16(12)24-11-5-3-10(4-6-11)21-17(18)25/h3-9,17,21,25H,18H2,1-2H3. The average molecular weight is 358 g/mol. The molecule has 3 rings (SSSR count). The molecule has 0 aliphatic carbocycles. The Bertz CT molecular complexity index is 872. The smallest absolute Gasteiger partial charge is 0.230 e. The third kappa shape index (κ3) is 3.86. The lowest BCUT2D eigenvalue weighted by Gasteiger charge is -2.12. The summed E-state index contributed by atoms with van der Waals surface area (Å²) in [5.74, 6) is 2.24. The average Bonchev–Trinajstić information content (AvgIpc) is 2.62. The van der Waals surface area contributed by atoms with Crippen molar-refractivity contribution in [2.75, 3.05) is 19.5 Å². The van der Waals surface area contributed by atoms with Crippen LogP contribution in [0.25, 0.3) is 10.9 Å². The molecule has 3 aromatic rings. The van der Waals surface area contributed by atoms with Gasteiger partial charge in [-0.3, -0.25) is 0 Å². The quantitative estimate of drug-likeness (QED) is 0.461. The highest BCUT2D eigenvalue weighted by molar-refractivity contribution is 7.81. The fourth-order valence-electron chi connectivity index (χ4n) is 2.34. The summed E-state index contributed by atoms with van der Waals surface area (Å²) in [6.07, 6.45) is 1.44. The fourth-order valence-corrected chi connectivity index (χ4v) is 2.49. The van der Waals surface area contributed by atoms with Crippen LogP contribution in [0.3, 0.4) is 0 Å². The van der Waals surface area contributed by atoms with Gasteiger partial charge in [0, 0.05) is 11.8 Å². The van der Waals surface area contributed by atoms with Gasteiger partial charge >= 0.3 is 0 Å². The maximum absolute atomic E-state index is 5.90. The summed E-state index contributed by atoms with van der Waals surface area (Å²) in [4.78, 5) is 8.48. The normalized spacial score (nSPS) is 11.8. The lowest BCUT2D eigenvalue weighted by atomic mass is 10.2. The van der Waals surface area contributed by atoms with E-state index in [9.17, 15) is 0 Å². The van der Waals surface area contributed by atoms with E-state index >= 15 is 0 Å². The number of methoxy groups -OCH3 is 2. The van der Waals surface area contributed by atoms with Crippen molar-refractivity contribution in [3.8, 4) is 23.1 Å². The molecule has 1 unspecified atom stereocenters. The van der Waals surface area contributed by atoms with Crippen LogP contribution in [0.1, 0.15) is 0 Å². The Balaban J connectivity index is 1.93. The van der Waals surface area contributed by atoms with Crippen LogP contribution >= 0.6 is 12.6 Å². The summed E-state index contributed by atoms with van der Waals surface area (Å²) < 4.78 is 16.5. The molecule has 7 nitrogen and oxygen atoms in total. The predicted molar refractivity (Wildman–Crippen MR) is 99.7 cm³/mol. The van der Waals surface area contributed by atoms with Crippen molar-refractivity contribution in [1.29, 1.82) is 0 Å². The number of thiol groups is 1. The van der Waals surface area contributed by atoms with Gasteiger partial charge in [0.1, 0.15) is 17.6 Å². The number of anilines is 1. The van der Waals surface area contributed by atoms with Gasteiger partial charge < -0.3 is 25.3 Å². The van der Waals surface area contributed by atoms with Crippen LogP contribution in [0.5, 0.6) is 23.1 Å². The molecule has 1 heterocycles. The van der Waals surface area contributed by atoms with Crippen molar-refractivity contribution < 1.29 is 14.2 Å². The van der Waals surface area contributed by atoms with Gasteiger partial charge in [-0.25, -0.2) is 9.97 Å². The van der Waals surface area contributed by atoms with Crippen molar-refractivity contribution in [2.24, 2.45) is 5.73 Å². The first kappa shape index (κ1) is 17.1. The number of nitrogens with zero attached hydrogens (tertiary/aromatic N) is 2. The minimum absolute atomic E-state index is 0.428. The topological polar surface area (TPSA) is 91.5 Å². The van der Waals surface area contributed by atoms with Gasteiger partial charge in [0.15, 0.2) is 11.5 Å². The molecule has 1 atom stereocenters. The minimum atomic E-state index is -0.431. The van der Waals surface area contributed by atoms with E-state index in [2.05, 4.69) is 27.9 Å². The third-order valence-electron chi connectivity index (χ3n) is 3.49. The zero-order valence-corrected chi connectivity index (χ0v) is 14.7. The molecular weight excluding hydrogens is 340 g/mol. The Kier molecular flexibility index (Phi) is 5.11. The second-order valence-electron chi connectivity index (χ2n) is 5.12. The molecule has 0 saturated carbocycles. The van der Waals surface area contributed by atoms with E-state index in [4.69, 9.17) is 19.9 Å². The lowest BCUT2D eigenvalue weighted by molar-refractivity contribution is 0.355. The summed E-state index contributed by atoms with van der Waals surface area (Å²) in [6, 6.07) is 10.9. The molecule has 2 aromatic carbocycles. The molecule has 25 heavy (non-hydrogen) atoms. The molecule has 0 fully saturated rings. The maximum atomic E-state index is 5.90. The molecule has 130 valence electrons. The first-order valence-corrected chi connectivity index (χ1v) is 7.97. The van der Waals surface area contributed by atoms with Crippen LogP contribution in [0, 0.1) is 0 Å². The molecule has 0 radical (unpaired) electrons. The van der Waals surface area contributed by atoms with E-state index in [1.807, 2.05) is 24.3 Å². The van der Waals surface area contributed by atoms with Crippen molar-refractivity contribution in [2.45, 2.75) is 5.50 Å². The molecule has 1 aromatic heterocycles. The SMILES string of the molecule is COc1cc2ncnc(Oc3ccc(NC(N)S)cc3)c2cc1OC. The van der Waals surface area contributed by atoms with Gasteiger partial charge in [-0.2, -0.15) is 0 Å². The molecule has 0 spiro atoms.